The van der Waals surface area contributed by atoms with Crippen molar-refractivity contribution < 1.29 is 4.79 Å². The summed E-state index contributed by atoms with van der Waals surface area (Å²) in [4.78, 5) is 20.7. The van der Waals surface area contributed by atoms with Crippen LogP contribution < -0.4 is 10.6 Å². The number of rotatable bonds is 4. The molecule has 1 aromatic heterocycles. The third kappa shape index (κ3) is 4.42. The third-order valence-corrected chi connectivity index (χ3v) is 4.46. The number of aromatic nitrogens is 2. The van der Waals surface area contributed by atoms with Gasteiger partial charge in [0.05, 0.1) is 12.4 Å². The number of aryl methyl sites for hydroxylation is 2. The van der Waals surface area contributed by atoms with Crippen LogP contribution in [0.4, 0.5) is 17.2 Å². The average molecular weight is 397 g/mol. The van der Waals surface area contributed by atoms with Gasteiger partial charge in [-0.05, 0) is 49.2 Å². The molecule has 25 heavy (non-hydrogen) atoms. The molecule has 1 amide bonds. The van der Waals surface area contributed by atoms with Gasteiger partial charge in [0.2, 0.25) is 0 Å². The van der Waals surface area contributed by atoms with Gasteiger partial charge in [0.1, 0.15) is 11.5 Å². The standard InChI is InChI=1S/C19H17BrN4O/c1-12-4-3-5-14(8-12)24-19(25)17-10-22-18(11-21-17)23-15-7-6-13(2)16(20)9-15/h3-11H,1-2H3,(H,22,23)(H,24,25). The van der Waals surface area contributed by atoms with E-state index < -0.39 is 0 Å². The first kappa shape index (κ1) is 17.1. The maximum absolute atomic E-state index is 12.2. The fourth-order valence-corrected chi connectivity index (χ4v) is 2.63. The summed E-state index contributed by atoms with van der Waals surface area (Å²) in [5.41, 5.74) is 4.12. The largest absolute Gasteiger partial charge is 0.339 e. The van der Waals surface area contributed by atoms with E-state index >= 15 is 0 Å². The topological polar surface area (TPSA) is 66.9 Å². The van der Waals surface area contributed by atoms with Gasteiger partial charge in [0.25, 0.3) is 5.91 Å². The number of amides is 1. The molecule has 0 saturated carbocycles. The smallest absolute Gasteiger partial charge is 0.275 e. The molecule has 5 nitrogen and oxygen atoms in total. The minimum absolute atomic E-state index is 0.261. The quantitative estimate of drug-likeness (QED) is 0.661. The molecule has 0 spiro atoms. The summed E-state index contributed by atoms with van der Waals surface area (Å²) in [5.74, 6) is 0.283. The van der Waals surface area contributed by atoms with E-state index in [0.717, 1.165) is 27.0 Å². The van der Waals surface area contributed by atoms with E-state index in [0.29, 0.717) is 5.82 Å². The molecule has 3 aromatic rings. The molecule has 2 aromatic carbocycles. The Morgan fingerprint density at radius 3 is 2.52 bits per heavy atom. The lowest BCUT2D eigenvalue weighted by Gasteiger charge is -2.08. The van der Waals surface area contributed by atoms with E-state index in [9.17, 15) is 4.79 Å². The summed E-state index contributed by atoms with van der Waals surface area (Å²) < 4.78 is 1.01. The van der Waals surface area contributed by atoms with Crippen molar-refractivity contribution in [2.75, 3.05) is 10.6 Å². The minimum atomic E-state index is -0.289. The fourth-order valence-electron chi connectivity index (χ4n) is 2.25. The van der Waals surface area contributed by atoms with Crippen LogP contribution in [0.25, 0.3) is 0 Å². The van der Waals surface area contributed by atoms with Crippen molar-refractivity contribution in [2.45, 2.75) is 13.8 Å². The molecular weight excluding hydrogens is 380 g/mol. The van der Waals surface area contributed by atoms with Crippen molar-refractivity contribution in [3.8, 4) is 0 Å². The zero-order valence-corrected chi connectivity index (χ0v) is 15.5. The number of hydrogen-bond acceptors (Lipinski definition) is 4. The second-order valence-corrected chi connectivity index (χ2v) is 6.55. The van der Waals surface area contributed by atoms with Gasteiger partial charge < -0.3 is 10.6 Å². The maximum atomic E-state index is 12.2. The number of anilines is 3. The number of nitrogens with one attached hydrogen (secondary N) is 2. The van der Waals surface area contributed by atoms with Crippen LogP contribution in [0.3, 0.4) is 0 Å². The van der Waals surface area contributed by atoms with Gasteiger partial charge in [-0.15, -0.1) is 0 Å². The van der Waals surface area contributed by atoms with Crippen molar-refractivity contribution in [3.05, 3.63) is 76.2 Å². The molecule has 0 radical (unpaired) electrons. The normalized spacial score (nSPS) is 10.4. The summed E-state index contributed by atoms with van der Waals surface area (Å²) >= 11 is 3.50. The average Bonchev–Trinajstić information content (AvgIpc) is 2.59. The predicted molar refractivity (Wildman–Crippen MR) is 103 cm³/mol. The van der Waals surface area contributed by atoms with Crippen LogP contribution in [0, 0.1) is 13.8 Å². The number of benzene rings is 2. The Morgan fingerprint density at radius 1 is 1.00 bits per heavy atom. The Morgan fingerprint density at radius 2 is 1.84 bits per heavy atom. The first-order valence-corrected chi connectivity index (χ1v) is 8.54. The second kappa shape index (κ2) is 7.44. The molecule has 0 atom stereocenters. The molecule has 0 aliphatic rings. The van der Waals surface area contributed by atoms with Crippen molar-refractivity contribution in [2.24, 2.45) is 0 Å². The molecule has 0 unspecified atom stereocenters. The zero-order chi connectivity index (χ0) is 17.8. The Labute approximate surface area is 154 Å². The molecule has 1 heterocycles. The van der Waals surface area contributed by atoms with Crippen molar-refractivity contribution in [1.82, 2.24) is 9.97 Å². The van der Waals surface area contributed by atoms with Gasteiger partial charge in [-0.25, -0.2) is 9.97 Å². The highest BCUT2D eigenvalue weighted by molar-refractivity contribution is 9.10. The van der Waals surface area contributed by atoms with Crippen LogP contribution in [0.5, 0.6) is 0 Å². The molecule has 126 valence electrons. The SMILES string of the molecule is Cc1cccc(NC(=O)c2cnc(Nc3ccc(C)c(Br)c3)cn2)c1. The van der Waals surface area contributed by atoms with Crippen molar-refractivity contribution in [3.63, 3.8) is 0 Å². The van der Waals surface area contributed by atoms with Crippen LogP contribution in [-0.2, 0) is 0 Å². The van der Waals surface area contributed by atoms with Gasteiger partial charge in [0.15, 0.2) is 0 Å². The summed E-state index contributed by atoms with van der Waals surface area (Å²) in [5, 5.41) is 5.97. The lowest BCUT2D eigenvalue weighted by atomic mass is 10.2. The molecule has 0 fully saturated rings. The summed E-state index contributed by atoms with van der Waals surface area (Å²) in [6.45, 7) is 3.99. The molecule has 0 saturated heterocycles. The second-order valence-electron chi connectivity index (χ2n) is 5.70. The molecule has 0 aliphatic carbocycles. The third-order valence-electron chi connectivity index (χ3n) is 3.60. The molecule has 3 rings (SSSR count). The minimum Gasteiger partial charge on any atom is -0.339 e. The predicted octanol–water partition coefficient (Wildman–Crippen LogP) is 4.85. The van der Waals surface area contributed by atoms with Crippen molar-refractivity contribution in [1.29, 1.82) is 0 Å². The highest BCUT2D eigenvalue weighted by Gasteiger charge is 2.09. The van der Waals surface area contributed by atoms with E-state index in [1.54, 1.807) is 6.20 Å². The van der Waals surface area contributed by atoms with Crippen LogP contribution in [0.1, 0.15) is 21.6 Å². The monoisotopic (exact) mass is 396 g/mol. The lowest BCUT2D eigenvalue weighted by molar-refractivity contribution is 0.102. The number of hydrogen-bond donors (Lipinski definition) is 2. The first-order valence-electron chi connectivity index (χ1n) is 7.74. The molecule has 2 N–H and O–H groups in total. The molecule has 0 aliphatic heterocycles. The first-order chi connectivity index (χ1) is 12.0. The van der Waals surface area contributed by atoms with E-state index in [4.69, 9.17) is 0 Å². The van der Waals surface area contributed by atoms with E-state index in [2.05, 4.69) is 36.5 Å². The fraction of sp³-hybridized carbons (Fsp3) is 0.105. The van der Waals surface area contributed by atoms with E-state index in [1.165, 1.54) is 6.20 Å². The van der Waals surface area contributed by atoms with E-state index in [1.807, 2.05) is 56.3 Å². The van der Waals surface area contributed by atoms with Crippen molar-refractivity contribution >= 4 is 39.0 Å². The lowest BCUT2D eigenvalue weighted by Crippen LogP contribution is -2.14. The Kier molecular flexibility index (Phi) is 5.09. The van der Waals surface area contributed by atoms with Gasteiger partial charge >= 0.3 is 0 Å². The van der Waals surface area contributed by atoms with Gasteiger partial charge in [-0.3, -0.25) is 4.79 Å². The highest BCUT2D eigenvalue weighted by atomic mass is 79.9. The maximum Gasteiger partial charge on any atom is 0.275 e. The molecular formula is C19H17BrN4O. The summed E-state index contributed by atoms with van der Waals surface area (Å²) in [6, 6.07) is 13.5. The van der Waals surface area contributed by atoms with Gasteiger partial charge in [0, 0.05) is 15.8 Å². The van der Waals surface area contributed by atoms with Gasteiger partial charge in [-0.1, -0.05) is 34.1 Å². The molecule has 0 bridgehead atoms. The number of carbonyl (C=O) groups is 1. The Bertz CT molecular complexity index is 910. The van der Waals surface area contributed by atoms with Crippen LogP contribution >= 0.6 is 15.9 Å². The number of nitrogens with zero attached hydrogens (tertiary/aromatic N) is 2. The van der Waals surface area contributed by atoms with Crippen LogP contribution in [0.15, 0.2) is 59.3 Å². The van der Waals surface area contributed by atoms with Crippen LogP contribution in [-0.4, -0.2) is 15.9 Å². The Hall–Kier alpha value is -2.73. The Balaban J connectivity index is 1.69. The highest BCUT2D eigenvalue weighted by Crippen LogP contribution is 2.22. The molecule has 6 heteroatoms. The van der Waals surface area contributed by atoms with E-state index in [-0.39, 0.29) is 11.6 Å². The van der Waals surface area contributed by atoms with Crippen LogP contribution in [0.2, 0.25) is 0 Å². The summed E-state index contributed by atoms with van der Waals surface area (Å²) in [6.07, 6.45) is 3.00. The number of halogens is 1. The zero-order valence-electron chi connectivity index (χ0n) is 13.9. The summed E-state index contributed by atoms with van der Waals surface area (Å²) in [7, 11) is 0. The van der Waals surface area contributed by atoms with Gasteiger partial charge in [-0.2, -0.15) is 0 Å². The number of carbonyl (C=O) groups excluding carboxylic acids is 1.